The van der Waals surface area contributed by atoms with Gasteiger partial charge in [0.1, 0.15) is 17.3 Å². The second-order valence-corrected chi connectivity index (χ2v) is 9.18. The number of anilines is 1. The first kappa shape index (κ1) is 23.3. The van der Waals surface area contributed by atoms with Crippen molar-refractivity contribution in [1.82, 2.24) is 9.66 Å². The molecule has 0 N–H and O–H groups in total. The minimum atomic E-state index is -0.201. The van der Waals surface area contributed by atoms with Gasteiger partial charge in [-0.3, -0.25) is 4.79 Å². The van der Waals surface area contributed by atoms with Crippen molar-refractivity contribution in [3.63, 3.8) is 0 Å². The summed E-state index contributed by atoms with van der Waals surface area (Å²) in [6, 6.07) is 9.42. The summed E-state index contributed by atoms with van der Waals surface area (Å²) in [6.07, 6.45) is 4.82. The smallest absolute Gasteiger partial charge is 0.282 e. The lowest BCUT2D eigenvalue weighted by molar-refractivity contribution is 0.402. The molecule has 1 fully saturated rings. The molecule has 0 saturated carbocycles. The lowest BCUT2D eigenvalue weighted by atomic mass is 10.1. The molecule has 3 aromatic rings. The van der Waals surface area contributed by atoms with Gasteiger partial charge in [-0.1, -0.05) is 29.8 Å². The Balaban J connectivity index is 1.83. The fourth-order valence-electron chi connectivity index (χ4n) is 4.11. The molecule has 0 amide bonds. The van der Waals surface area contributed by atoms with Gasteiger partial charge in [-0.25, -0.2) is 4.98 Å². The molecule has 1 atom stereocenters. The van der Waals surface area contributed by atoms with Crippen LogP contribution in [0.2, 0.25) is 0 Å². The fourth-order valence-corrected chi connectivity index (χ4v) is 4.47. The molecule has 0 aliphatic carbocycles. The van der Waals surface area contributed by atoms with Crippen molar-refractivity contribution >= 4 is 38.7 Å². The Hall–Kier alpha value is -2.87. The zero-order valence-electron chi connectivity index (χ0n) is 19.5. The van der Waals surface area contributed by atoms with Crippen LogP contribution in [-0.4, -0.2) is 43.2 Å². The van der Waals surface area contributed by atoms with Crippen molar-refractivity contribution in [2.24, 2.45) is 5.10 Å². The molecule has 2 heterocycles. The molecular formula is C25H29BrN4O3. The van der Waals surface area contributed by atoms with Crippen molar-refractivity contribution in [3.05, 3.63) is 56.5 Å². The molecule has 0 spiro atoms. The van der Waals surface area contributed by atoms with Crippen LogP contribution in [-0.2, 0) is 0 Å². The number of fused-ring (bicyclic) bond motifs is 1. The van der Waals surface area contributed by atoms with Crippen molar-refractivity contribution in [2.75, 3.05) is 32.2 Å². The molecular weight excluding hydrogens is 484 g/mol. The quantitative estimate of drug-likeness (QED) is 0.408. The average Bonchev–Trinajstić information content (AvgIpc) is 3.37. The van der Waals surface area contributed by atoms with Gasteiger partial charge in [0.15, 0.2) is 0 Å². The number of hydrogen-bond donors (Lipinski definition) is 0. The van der Waals surface area contributed by atoms with E-state index in [9.17, 15) is 4.79 Å². The Morgan fingerprint density at radius 2 is 1.88 bits per heavy atom. The number of rotatable bonds is 7. The first-order valence-corrected chi connectivity index (χ1v) is 12.0. The Labute approximate surface area is 202 Å². The fraction of sp³-hybridized carbons (Fsp3) is 0.400. The average molecular weight is 513 g/mol. The van der Waals surface area contributed by atoms with Crippen LogP contribution >= 0.6 is 15.9 Å². The Bertz CT molecular complexity index is 1250. The molecule has 2 aromatic carbocycles. The molecule has 174 valence electrons. The predicted molar refractivity (Wildman–Crippen MR) is 136 cm³/mol. The highest BCUT2D eigenvalue weighted by Gasteiger charge is 2.20. The van der Waals surface area contributed by atoms with Crippen LogP contribution in [0.3, 0.4) is 0 Å². The first-order valence-electron chi connectivity index (χ1n) is 11.2. The van der Waals surface area contributed by atoms with E-state index in [-0.39, 0.29) is 11.5 Å². The molecule has 7 nitrogen and oxygen atoms in total. The standard InChI is InChI=1S/C25H29BrN4O3/c1-5-16(2)24-28-20-9-8-18(26)13-19(20)25(31)30(24)27-15-17-12-23(33-4)21(14-22(17)32-3)29-10-6-7-11-29/h8-9,12-16H,5-7,10-11H2,1-4H3/t16-/m0/s1. The Morgan fingerprint density at radius 3 is 2.55 bits per heavy atom. The highest BCUT2D eigenvalue weighted by molar-refractivity contribution is 9.10. The van der Waals surface area contributed by atoms with Gasteiger partial charge in [0, 0.05) is 35.1 Å². The van der Waals surface area contributed by atoms with Crippen LogP contribution in [0.4, 0.5) is 5.69 Å². The summed E-state index contributed by atoms with van der Waals surface area (Å²) >= 11 is 3.45. The molecule has 1 aliphatic rings. The number of benzene rings is 2. The first-order chi connectivity index (χ1) is 16.0. The van der Waals surface area contributed by atoms with Crippen LogP contribution in [0.5, 0.6) is 11.5 Å². The molecule has 0 unspecified atom stereocenters. The van der Waals surface area contributed by atoms with E-state index in [0.29, 0.717) is 22.5 Å². The maximum atomic E-state index is 13.4. The second-order valence-electron chi connectivity index (χ2n) is 8.26. The predicted octanol–water partition coefficient (Wildman–Crippen LogP) is 5.17. The lowest BCUT2D eigenvalue weighted by Crippen LogP contribution is -2.23. The number of halogens is 1. The number of aromatic nitrogens is 2. The van der Waals surface area contributed by atoms with E-state index in [0.717, 1.165) is 41.0 Å². The molecule has 4 rings (SSSR count). The highest BCUT2D eigenvalue weighted by atomic mass is 79.9. The highest BCUT2D eigenvalue weighted by Crippen LogP contribution is 2.36. The summed E-state index contributed by atoms with van der Waals surface area (Å²) < 4.78 is 13.6. The van der Waals surface area contributed by atoms with Crippen molar-refractivity contribution in [1.29, 1.82) is 0 Å². The van der Waals surface area contributed by atoms with Gasteiger partial charge >= 0.3 is 0 Å². The minimum absolute atomic E-state index is 0.0665. The summed E-state index contributed by atoms with van der Waals surface area (Å²) in [5.74, 6) is 2.13. The van der Waals surface area contributed by atoms with Gasteiger partial charge in [0.2, 0.25) is 0 Å². The normalized spacial score (nSPS) is 14.9. The number of hydrogen-bond acceptors (Lipinski definition) is 6. The van der Waals surface area contributed by atoms with Gasteiger partial charge in [0.25, 0.3) is 5.56 Å². The van der Waals surface area contributed by atoms with E-state index >= 15 is 0 Å². The number of nitrogens with zero attached hydrogens (tertiary/aromatic N) is 4. The van der Waals surface area contributed by atoms with E-state index in [1.807, 2.05) is 31.2 Å². The third-order valence-electron chi connectivity index (χ3n) is 6.18. The third kappa shape index (κ3) is 4.62. The molecule has 0 radical (unpaired) electrons. The van der Waals surface area contributed by atoms with Crippen molar-refractivity contribution < 1.29 is 9.47 Å². The Kier molecular flexibility index (Phi) is 7.02. The topological polar surface area (TPSA) is 69.0 Å². The zero-order valence-corrected chi connectivity index (χ0v) is 21.1. The van der Waals surface area contributed by atoms with E-state index in [1.165, 1.54) is 17.5 Å². The summed E-state index contributed by atoms with van der Waals surface area (Å²) in [4.78, 5) is 20.4. The zero-order chi connectivity index (χ0) is 23.5. The van der Waals surface area contributed by atoms with Crippen molar-refractivity contribution in [3.8, 4) is 11.5 Å². The molecule has 0 bridgehead atoms. The van der Waals surface area contributed by atoms with Gasteiger partial charge in [-0.05, 0) is 43.5 Å². The summed E-state index contributed by atoms with van der Waals surface area (Å²) in [6.45, 7) is 6.12. The Morgan fingerprint density at radius 1 is 1.15 bits per heavy atom. The number of methoxy groups -OCH3 is 2. The summed E-state index contributed by atoms with van der Waals surface area (Å²) in [5, 5.41) is 5.10. The lowest BCUT2D eigenvalue weighted by Gasteiger charge is -2.22. The summed E-state index contributed by atoms with van der Waals surface area (Å²) in [7, 11) is 3.30. The molecule has 1 aromatic heterocycles. The van der Waals surface area contributed by atoms with Gasteiger partial charge < -0.3 is 14.4 Å². The summed E-state index contributed by atoms with van der Waals surface area (Å²) in [5.41, 5.74) is 2.21. The van der Waals surface area contributed by atoms with Gasteiger partial charge in [-0.2, -0.15) is 9.78 Å². The van der Waals surface area contributed by atoms with E-state index < -0.39 is 0 Å². The number of ether oxygens (including phenoxy) is 2. The monoisotopic (exact) mass is 512 g/mol. The van der Waals surface area contributed by atoms with E-state index in [2.05, 4.69) is 32.9 Å². The van der Waals surface area contributed by atoms with Crippen LogP contribution in [0.1, 0.15) is 50.4 Å². The molecule has 1 aliphatic heterocycles. The van der Waals surface area contributed by atoms with Crippen LogP contribution in [0.25, 0.3) is 10.9 Å². The van der Waals surface area contributed by atoms with Crippen LogP contribution < -0.4 is 19.9 Å². The maximum absolute atomic E-state index is 13.4. The maximum Gasteiger partial charge on any atom is 0.282 e. The van der Waals surface area contributed by atoms with Crippen LogP contribution in [0, 0.1) is 0 Å². The minimum Gasteiger partial charge on any atom is -0.496 e. The third-order valence-corrected chi connectivity index (χ3v) is 6.67. The largest absolute Gasteiger partial charge is 0.496 e. The molecule has 33 heavy (non-hydrogen) atoms. The van der Waals surface area contributed by atoms with E-state index in [4.69, 9.17) is 14.5 Å². The van der Waals surface area contributed by atoms with Crippen molar-refractivity contribution in [2.45, 2.75) is 39.0 Å². The molecule has 1 saturated heterocycles. The van der Waals surface area contributed by atoms with Gasteiger partial charge in [0.05, 0.1) is 37.0 Å². The van der Waals surface area contributed by atoms with Crippen LogP contribution in [0.15, 0.2) is 44.7 Å². The SMILES string of the molecule is CC[C@H](C)c1nc2ccc(Br)cc2c(=O)n1N=Cc1cc(OC)c(N2CCCC2)cc1OC. The second kappa shape index (κ2) is 9.95. The molecule has 8 heteroatoms. The van der Waals surface area contributed by atoms with E-state index in [1.54, 1.807) is 26.5 Å². The van der Waals surface area contributed by atoms with Gasteiger partial charge in [-0.15, -0.1) is 0 Å².